The van der Waals surface area contributed by atoms with E-state index in [1.165, 1.54) is 0 Å². The van der Waals surface area contributed by atoms with E-state index in [1.54, 1.807) is 13.8 Å². The third-order valence-electron chi connectivity index (χ3n) is 2.32. The van der Waals surface area contributed by atoms with E-state index >= 15 is 0 Å². The van der Waals surface area contributed by atoms with Crippen molar-refractivity contribution in [2.45, 2.75) is 39.7 Å². The normalized spacial score (nSPS) is 18.8. The predicted octanol–water partition coefficient (Wildman–Crippen LogP) is 1.50. The van der Waals surface area contributed by atoms with Crippen LogP contribution in [0, 0.1) is 11.8 Å². The average Bonchev–Trinajstić information content (AvgIpc) is 1.84. The molecule has 0 aliphatic rings. The number of hydrogen-bond acceptors (Lipinski definition) is 2. The Balaban J connectivity index is 4.62. The minimum absolute atomic E-state index is 0.0440. The Kier molecular flexibility index (Phi) is 3.71. The first-order chi connectivity index (χ1) is 5.33. The highest BCUT2D eigenvalue weighted by atomic mass is 16.4. The van der Waals surface area contributed by atoms with Gasteiger partial charge >= 0.3 is 5.97 Å². The van der Waals surface area contributed by atoms with Crippen molar-refractivity contribution in [2.75, 3.05) is 0 Å². The van der Waals surface area contributed by atoms with E-state index in [0.29, 0.717) is 6.42 Å². The van der Waals surface area contributed by atoms with Crippen molar-refractivity contribution in [2.24, 2.45) is 11.8 Å². The lowest BCUT2D eigenvalue weighted by Gasteiger charge is -2.31. The van der Waals surface area contributed by atoms with Crippen LogP contribution in [0.2, 0.25) is 0 Å². The molecule has 0 bridgehead atoms. The fourth-order valence-electron chi connectivity index (χ4n) is 1.49. The maximum atomic E-state index is 10.8. The molecule has 72 valence electrons. The molecule has 0 heterocycles. The zero-order valence-corrected chi connectivity index (χ0v) is 8.16. The molecule has 2 N–H and O–H groups in total. The van der Waals surface area contributed by atoms with E-state index in [2.05, 4.69) is 0 Å². The van der Waals surface area contributed by atoms with Crippen LogP contribution >= 0.6 is 0 Å². The molecule has 3 heteroatoms. The van der Waals surface area contributed by atoms with Crippen LogP contribution in [0.4, 0.5) is 0 Å². The zero-order valence-electron chi connectivity index (χ0n) is 8.16. The molecule has 3 nitrogen and oxygen atoms in total. The maximum absolute atomic E-state index is 10.8. The molecular formula is C9H18O3. The lowest BCUT2D eigenvalue weighted by Crippen LogP contribution is -2.42. The summed E-state index contributed by atoms with van der Waals surface area (Å²) in [6.45, 7) is 6.98. The van der Waals surface area contributed by atoms with Crippen LogP contribution in [0.5, 0.6) is 0 Å². The van der Waals surface area contributed by atoms with Crippen LogP contribution in [-0.4, -0.2) is 21.8 Å². The van der Waals surface area contributed by atoms with Crippen molar-refractivity contribution >= 4 is 5.97 Å². The largest absolute Gasteiger partial charge is 0.481 e. The summed E-state index contributed by atoms with van der Waals surface area (Å²) in [5.74, 6) is -1.64. The van der Waals surface area contributed by atoms with Crippen LogP contribution in [0.3, 0.4) is 0 Å². The Morgan fingerprint density at radius 3 is 2.00 bits per heavy atom. The van der Waals surface area contributed by atoms with Crippen molar-refractivity contribution < 1.29 is 15.0 Å². The molecule has 0 fully saturated rings. The zero-order chi connectivity index (χ0) is 9.94. The van der Waals surface area contributed by atoms with Gasteiger partial charge < -0.3 is 10.2 Å². The summed E-state index contributed by atoms with van der Waals surface area (Å²) in [4.78, 5) is 10.8. The van der Waals surface area contributed by atoms with Crippen molar-refractivity contribution in [3.05, 3.63) is 0 Å². The molecule has 0 spiro atoms. The van der Waals surface area contributed by atoms with Gasteiger partial charge in [-0.1, -0.05) is 20.8 Å². The summed E-state index contributed by atoms with van der Waals surface area (Å²) in [6.07, 6.45) is 0.460. The van der Waals surface area contributed by atoms with Crippen molar-refractivity contribution in [1.29, 1.82) is 0 Å². The topological polar surface area (TPSA) is 57.5 Å². The molecule has 2 atom stereocenters. The summed E-state index contributed by atoms with van der Waals surface area (Å²) in [5, 5.41) is 18.6. The summed E-state index contributed by atoms with van der Waals surface area (Å²) in [5.41, 5.74) is -1.10. The van der Waals surface area contributed by atoms with Gasteiger partial charge in [0.2, 0.25) is 0 Å². The molecule has 0 saturated carbocycles. The molecule has 12 heavy (non-hydrogen) atoms. The summed E-state index contributed by atoms with van der Waals surface area (Å²) < 4.78 is 0. The summed E-state index contributed by atoms with van der Waals surface area (Å²) >= 11 is 0. The fraction of sp³-hybridized carbons (Fsp3) is 0.889. The number of carboxylic acids is 1. The monoisotopic (exact) mass is 174 g/mol. The highest BCUT2D eigenvalue weighted by Gasteiger charge is 2.37. The van der Waals surface area contributed by atoms with Gasteiger partial charge in [-0.3, -0.25) is 4.79 Å². The summed E-state index contributed by atoms with van der Waals surface area (Å²) in [6, 6.07) is 0. The van der Waals surface area contributed by atoms with Crippen LogP contribution in [0.25, 0.3) is 0 Å². The molecular weight excluding hydrogens is 156 g/mol. The highest BCUT2D eigenvalue weighted by Crippen LogP contribution is 2.27. The number of carbonyl (C=O) groups is 1. The van der Waals surface area contributed by atoms with Crippen LogP contribution in [0.1, 0.15) is 34.1 Å². The molecule has 0 aliphatic heterocycles. The first kappa shape index (κ1) is 11.4. The second kappa shape index (κ2) is 3.90. The van der Waals surface area contributed by atoms with E-state index in [-0.39, 0.29) is 5.92 Å². The lowest BCUT2D eigenvalue weighted by atomic mass is 9.79. The smallest absolute Gasteiger partial charge is 0.309 e. The molecule has 0 rings (SSSR count). The molecule has 0 aromatic rings. The van der Waals surface area contributed by atoms with Gasteiger partial charge in [-0.2, -0.15) is 0 Å². The maximum Gasteiger partial charge on any atom is 0.309 e. The van der Waals surface area contributed by atoms with Gasteiger partial charge in [-0.25, -0.2) is 0 Å². The van der Waals surface area contributed by atoms with Gasteiger partial charge in [-0.05, 0) is 19.3 Å². The first-order valence-electron chi connectivity index (χ1n) is 4.28. The van der Waals surface area contributed by atoms with Crippen molar-refractivity contribution in [1.82, 2.24) is 0 Å². The first-order valence-corrected chi connectivity index (χ1v) is 4.28. The van der Waals surface area contributed by atoms with Gasteiger partial charge in [0.15, 0.2) is 0 Å². The van der Waals surface area contributed by atoms with Crippen LogP contribution in [-0.2, 0) is 4.79 Å². The van der Waals surface area contributed by atoms with Gasteiger partial charge in [-0.15, -0.1) is 0 Å². The second-order valence-corrected chi connectivity index (χ2v) is 3.77. The Hall–Kier alpha value is -0.570. The highest BCUT2D eigenvalue weighted by molar-refractivity contribution is 5.71. The molecule has 0 amide bonds. The fourth-order valence-corrected chi connectivity index (χ4v) is 1.49. The van der Waals surface area contributed by atoms with E-state index in [9.17, 15) is 9.90 Å². The molecule has 0 radical (unpaired) electrons. The standard InChI is InChI=1S/C9H18O3/c1-5-9(4,12)7(6(2)3)8(10)11/h6-7,12H,5H2,1-4H3,(H,10,11). The number of aliphatic hydroxyl groups is 1. The number of aliphatic carboxylic acids is 1. The Morgan fingerprint density at radius 1 is 1.50 bits per heavy atom. The molecule has 2 unspecified atom stereocenters. The van der Waals surface area contributed by atoms with E-state index in [0.717, 1.165) is 0 Å². The van der Waals surface area contributed by atoms with Gasteiger partial charge in [0.05, 0.1) is 11.5 Å². The minimum Gasteiger partial charge on any atom is -0.481 e. The number of rotatable bonds is 4. The minimum atomic E-state index is -1.10. The number of hydrogen-bond donors (Lipinski definition) is 2. The molecule has 0 aromatic heterocycles. The predicted molar refractivity (Wildman–Crippen MR) is 46.9 cm³/mol. The Bertz CT molecular complexity index is 161. The van der Waals surface area contributed by atoms with Gasteiger partial charge in [0.25, 0.3) is 0 Å². The van der Waals surface area contributed by atoms with Gasteiger partial charge in [0, 0.05) is 0 Å². The SMILES string of the molecule is CCC(C)(O)C(C(=O)O)C(C)C. The van der Waals surface area contributed by atoms with Crippen LogP contribution in [0.15, 0.2) is 0 Å². The Morgan fingerprint density at radius 2 is 1.92 bits per heavy atom. The third kappa shape index (κ3) is 2.48. The van der Waals surface area contributed by atoms with E-state index < -0.39 is 17.5 Å². The van der Waals surface area contributed by atoms with Crippen LogP contribution < -0.4 is 0 Å². The molecule has 0 saturated heterocycles. The quantitative estimate of drug-likeness (QED) is 0.679. The Labute approximate surface area is 73.4 Å². The van der Waals surface area contributed by atoms with E-state index in [4.69, 9.17) is 5.11 Å². The average molecular weight is 174 g/mol. The number of carboxylic acid groups (broad SMARTS) is 1. The lowest BCUT2D eigenvalue weighted by molar-refractivity contribution is -0.154. The van der Waals surface area contributed by atoms with Gasteiger partial charge in [0.1, 0.15) is 0 Å². The summed E-state index contributed by atoms with van der Waals surface area (Å²) in [7, 11) is 0. The molecule has 0 aromatic carbocycles. The molecule has 0 aliphatic carbocycles. The third-order valence-corrected chi connectivity index (χ3v) is 2.32. The van der Waals surface area contributed by atoms with E-state index in [1.807, 2.05) is 13.8 Å². The van der Waals surface area contributed by atoms with Crippen molar-refractivity contribution in [3.8, 4) is 0 Å². The second-order valence-electron chi connectivity index (χ2n) is 3.77. The van der Waals surface area contributed by atoms with Crippen molar-refractivity contribution in [3.63, 3.8) is 0 Å².